The number of sulfonamides is 1. The van der Waals surface area contributed by atoms with E-state index in [0.717, 1.165) is 31.7 Å². The standard InChI is InChI=1S/C16H30N2O3S/c1-22(20,21)18-12-6-9-15(13-18)16(19)17-11-10-14-7-4-2-3-5-8-14/h14-15H,2-13H2,1H3,(H,17,19)/t15-/m1/s1. The van der Waals surface area contributed by atoms with Crippen LogP contribution in [0.2, 0.25) is 0 Å². The molecule has 1 N–H and O–H groups in total. The van der Waals surface area contributed by atoms with Gasteiger partial charge in [-0.25, -0.2) is 12.7 Å². The first-order chi connectivity index (χ1) is 10.5. The summed E-state index contributed by atoms with van der Waals surface area (Å²) in [4.78, 5) is 12.2. The second-order valence-electron chi connectivity index (χ2n) is 6.90. The molecule has 2 aliphatic rings. The highest BCUT2D eigenvalue weighted by Crippen LogP contribution is 2.25. The second kappa shape index (κ2) is 8.29. The molecule has 2 fully saturated rings. The van der Waals surface area contributed by atoms with Gasteiger partial charge in [0, 0.05) is 19.6 Å². The van der Waals surface area contributed by atoms with Crippen molar-refractivity contribution in [3.8, 4) is 0 Å². The van der Waals surface area contributed by atoms with Crippen LogP contribution in [0, 0.1) is 11.8 Å². The first kappa shape index (κ1) is 17.7. The molecule has 0 radical (unpaired) electrons. The van der Waals surface area contributed by atoms with Gasteiger partial charge in [0.2, 0.25) is 15.9 Å². The van der Waals surface area contributed by atoms with E-state index in [1.807, 2.05) is 0 Å². The molecule has 5 nitrogen and oxygen atoms in total. The summed E-state index contributed by atoms with van der Waals surface area (Å²) < 4.78 is 24.6. The molecular weight excluding hydrogens is 300 g/mol. The van der Waals surface area contributed by atoms with E-state index in [9.17, 15) is 13.2 Å². The van der Waals surface area contributed by atoms with Crippen LogP contribution in [0.15, 0.2) is 0 Å². The van der Waals surface area contributed by atoms with Crippen LogP contribution >= 0.6 is 0 Å². The summed E-state index contributed by atoms with van der Waals surface area (Å²) in [6, 6.07) is 0. The van der Waals surface area contributed by atoms with Gasteiger partial charge in [0.15, 0.2) is 0 Å². The van der Waals surface area contributed by atoms with Crippen LogP contribution in [0.5, 0.6) is 0 Å². The molecule has 0 unspecified atom stereocenters. The molecule has 6 heteroatoms. The highest BCUT2D eigenvalue weighted by molar-refractivity contribution is 7.88. The smallest absolute Gasteiger partial charge is 0.224 e. The third-order valence-electron chi connectivity index (χ3n) is 5.05. The Morgan fingerprint density at radius 1 is 1.09 bits per heavy atom. The van der Waals surface area contributed by atoms with E-state index in [-0.39, 0.29) is 11.8 Å². The van der Waals surface area contributed by atoms with Gasteiger partial charge in [0.1, 0.15) is 0 Å². The predicted octanol–water partition coefficient (Wildman–Crippen LogP) is 2.13. The zero-order valence-electron chi connectivity index (χ0n) is 13.7. The Balaban J connectivity index is 1.72. The molecule has 0 bridgehead atoms. The van der Waals surface area contributed by atoms with Gasteiger partial charge in [0.25, 0.3) is 0 Å². The minimum atomic E-state index is -3.18. The molecule has 1 saturated carbocycles. The van der Waals surface area contributed by atoms with Gasteiger partial charge in [-0.3, -0.25) is 4.79 Å². The maximum absolute atomic E-state index is 12.2. The Morgan fingerprint density at radius 2 is 1.77 bits per heavy atom. The highest BCUT2D eigenvalue weighted by atomic mass is 32.2. The Bertz CT molecular complexity index is 456. The Morgan fingerprint density at radius 3 is 2.41 bits per heavy atom. The molecule has 0 aromatic heterocycles. The summed E-state index contributed by atoms with van der Waals surface area (Å²) in [6.45, 7) is 1.62. The maximum Gasteiger partial charge on any atom is 0.224 e. The number of rotatable bonds is 5. The number of piperidine rings is 1. The predicted molar refractivity (Wildman–Crippen MR) is 88.0 cm³/mol. The van der Waals surface area contributed by atoms with Crippen molar-refractivity contribution in [3.63, 3.8) is 0 Å². The van der Waals surface area contributed by atoms with Crippen LogP contribution in [-0.2, 0) is 14.8 Å². The van der Waals surface area contributed by atoms with Crippen molar-refractivity contribution in [1.82, 2.24) is 9.62 Å². The molecule has 1 aliphatic carbocycles. The fraction of sp³-hybridized carbons (Fsp3) is 0.938. The molecule has 128 valence electrons. The topological polar surface area (TPSA) is 66.5 Å². The lowest BCUT2D eigenvalue weighted by Crippen LogP contribution is -2.45. The zero-order valence-corrected chi connectivity index (χ0v) is 14.5. The van der Waals surface area contributed by atoms with E-state index in [4.69, 9.17) is 0 Å². The van der Waals surface area contributed by atoms with Crippen molar-refractivity contribution < 1.29 is 13.2 Å². The van der Waals surface area contributed by atoms with Crippen molar-refractivity contribution in [3.05, 3.63) is 0 Å². The van der Waals surface area contributed by atoms with Crippen molar-refractivity contribution in [1.29, 1.82) is 0 Å². The number of nitrogens with one attached hydrogen (secondary N) is 1. The highest BCUT2D eigenvalue weighted by Gasteiger charge is 2.30. The molecule has 0 aromatic rings. The van der Waals surface area contributed by atoms with Gasteiger partial charge < -0.3 is 5.32 Å². The first-order valence-corrected chi connectivity index (χ1v) is 10.5. The van der Waals surface area contributed by atoms with E-state index < -0.39 is 10.0 Å². The third kappa shape index (κ3) is 5.54. The number of amides is 1. The molecule has 1 saturated heterocycles. The van der Waals surface area contributed by atoms with Crippen LogP contribution < -0.4 is 5.32 Å². The molecule has 0 aromatic carbocycles. The number of nitrogens with zero attached hydrogens (tertiary/aromatic N) is 1. The fourth-order valence-corrected chi connectivity index (χ4v) is 4.57. The van der Waals surface area contributed by atoms with Crippen LogP contribution in [0.3, 0.4) is 0 Å². The van der Waals surface area contributed by atoms with Crippen LogP contribution in [-0.4, -0.2) is 44.5 Å². The average Bonchev–Trinajstić information content (AvgIpc) is 2.75. The average molecular weight is 330 g/mol. The van der Waals surface area contributed by atoms with E-state index in [1.54, 1.807) is 0 Å². The van der Waals surface area contributed by atoms with E-state index in [1.165, 1.54) is 49.1 Å². The van der Waals surface area contributed by atoms with Gasteiger partial charge in [0.05, 0.1) is 12.2 Å². The summed E-state index contributed by atoms with van der Waals surface area (Å²) in [5, 5.41) is 3.03. The molecule has 1 aliphatic heterocycles. The molecule has 1 heterocycles. The molecule has 22 heavy (non-hydrogen) atoms. The van der Waals surface area contributed by atoms with E-state index >= 15 is 0 Å². The Labute approximate surface area is 134 Å². The summed E-state index contributed by atoms with van der Waals surface area (Å²) in [7, 11) is -3.18. The molecule has 0 spiro atoms. The van der Waals surface area contributed by atoms with Gasteiger partial charge in [-0.2, -0.15) is 0 Å². The normalized spacial score (nSPS) is 25.6. The lowest BCUT2D eigenvalue weighted by atomic mass is 9.96. The summed E-state index contributed by atoms with van der Waals surface area (Å²) >= 11 is 0. The quantitative estimate of drug-likeness (QED) is 0.785. The third-order valence-corrected chi connectivity index (χ3v) is 6.32. The first-order valence-electron chi connectivity index (χ1n) is 8.69. The minimum absolute atomic E-state index is 0.0296. The van der Waals surface area contributed by atoms with Crippen molar-refractivity contribution >= 4 is 15.9 Å². The van der Waals surface area contributed by atoms with E-state index in [0.29, 0.717) is 13.1 Å². The number of carbonyl (C=O) groups is 1. The number of hydrogen-bond donors (Lipinski definition) is 1. The second-order valence-corrected chi connectivity index (χ2v) is 8.88. The van der Waals surface area contributed by atoms with Crippen molar-refractivity contribution in [2.75, 3.05) is 25.9 Å². The van der Waals surface area contributed by atoms with Gasteiger partial charge in [-0.05, 0) is 25.2 Å². The summed E-state index contributed by atoms with van der Waals surface area (Å²) in [5.41, 5.74) is 0. The minimum Gasteiger partial charge on any atom is -0.356 e. The van der Waals surface area contributed by atoms with Crippen LogP contribution in [0.1, 0.15) is 57.8 Å². The molecule has 1 amide bonds. The maximum atomic E-state index is 12.2. The lowest BCUT2D eigenvalue weighted by molar-refractivity contribution is -0.126. The Kier molecular flexibility index (Phi) is 6.68. The Hall–Kier alpha value is -0.620. The summed E-state index contributed by atoms with van der Waals surface area (Å²) in [5.74, 6) is 0.598. The monoisotopic (exact) mass is 330 g/mol. The molecule has 2 rings (SSSR count). The van der Waals surface area contributed by atoms with E-state index in [2.05, 4.69) is 5.32 Å². The van der Waals surface area contributed by atoms with Crippen LogP contribution in [0.4, 0.5) is 0 Å². The number of hydrogen-bond acceptors (Lipinski definition) is 3. The summed E-state index contributed by atoms with van der Waals surface area (Å²) in [6.07, 6.45) is 11.8. The van der Waals surface area contributed by atoms with Gasteiger partial charge >= 0.3 is 0 Å². The van der Waals surface area contributed by atoms with Crippen molar-refractivity contribution in [2.45, 2.75) is 57.8 Å². The fourth-order valence-electron chi connectivity index (χ4n) is 3.65. The molecule has 1 atom stereocenters. The van der Waals surface area contributed by atoms with Crippen LogP contribution in [0.25, 0.3) is 0 Å². The molecular formula is C16H30N2O3S. The van der Waals surface area contributed by atoms with Gasteiger partial charge in [-0.15, -0.1) is 0 Å². The van der Waals surface area contributed by atoms with Crippen molar-refractivity contribution in [2.24, 2.45) is 11.8 Å². The lowest BCUT2D eigenvalue weighted by Gasteiger charge is -2.30. The number of carbonyl (C=O) groups excluding carboxylic acids is 1. The SMILES string of the molecule is CS(=O)(=O)N1CCC[C@@H](C(=O)NCCC2CCCCCC2)C1. The zero-order chi connectivity index (χ0) is 16.0. The van der Waals surface area contributed by atoms with Gasteiger partial charge in [-0.1, -0.05) is 38.5 Å². The largest absolute Gasteiger partial charge is 0.356 e.